The molecule has 96 valence electrons. The number of benzene rings is 1. The first-order valence-electron chi connectivity index (χ1n) is 5.47. The number of ether oxygens (including phenoxy) is 1. The second-order valence-electron chi connectivity index (χ2n) is 4.03. The maximum atomic E-state index is 13.7. The monoisotopic (exact) mass is 329 g/mol. The van der Waals surface area contributed by atoms with E-state index < -0.39 is 0 Å². The molecule has 0 aliphatic rings. The Morgan fingerprint density at radius 2 is 2.17 bits per heavy atom. The second-order valence-corrected chi connectivity index (χ2v) is 5.72. The molecular weight excluding hydrogens is 317 g/mol. The van der Waals surface area contributed by atoms with E-state index in [1.807, 2.05) is 23.8 Å². The van der Waals surface area contributed by atoms with Gasteiger partial charge in [0.1, 0.15) is 6.10 Å². The van der Waals surface area contributed by atoms with Crippen molar-refractivity contribution in [2.24, 2.45) is 5.73 Å². The molecule has 0 saturated carbocycles. The Kier molecular flexibility index (Phi) is 4.37. The lowest BCUT2D eigenvalue weighted by molar-refractivity contribution is 0.173. The van der Waals surface area contributed by atoms with Gasteiger partial charge in [-0.1, -0.05) is 15.9 Å². The number of hydrogen-bond donors (Lipinski definition) is 1. The summed E-state index contributed by atoms with van der Waals surface area (Å²) in [5.74, 6) is -0.183. The average Bonchev–Trinajstić information content (AvgIpc) is 2.83. The SMILES string of the molecule is CC(N)C(Oc1cc(Br)ccc1F)c1ccsc1. The van der Waals surface area contributed by atoms with Crippen LogP contribution in [0, 0.1) is 5.82 Å². The summed E-state index contributed by atoms with van der Waals surface area (Å²) in [6.45, 7) is 1.85. The predicted octanol–water partition coefficient (Wildman–Crippen LogP) is 4.12. The molecule has 2 atom stereocenters. The van der Waals surface area contributed by atoms with Crippen molar-refractivity contribution in [3.63, 3.8) is 0 Å². The zero-order valence-electron chi connectivity index (χ0n) is 9.77. The van der Waals surface area contributed by atoms with Crippen molar-refractivity contribution in [2.45, 2.75) is 19.1 Å². The number of thiophene rings is 1. The van der Waals surface area contributed by atoms with Crippen molar-refractivity contribution < 1.29 is 9.13 Å². The molecule has 1 aromatic heterocycles. The van der Waals surface area contributed by atoms with E-state index in [2.05, 4.69) is 15.9 Å². The molecule has 0 saturated heterocycles. The zero-order chi connectivity index (χ0) is 13.1. The van der Waals surface area contributed by atoms with E-state index in [9.17, 15) is 4.39 Å². The van der Waals surface area contributed by atoms with E-state index in [1.165, 1.54) is 6.07 Å². The van der Waals surface area contributed by atoms with Gasteiger partial charge >= 0.3 is 0 Å². The molecule has 0 aliphatic carbocycles. The summed E-state index contributed by atoms with van der Waals surface area (Å²) in [7, 11) is 0. The maximum absolute atomic E-state index is 13.7. The minimum absolute atomic E-state index is 0.206. The summed E-state index contributed by atoms with van der Waals surface area (Å²) in [5, 5.41) is 3.91. The molecule has 5 heteroatoms. The van der Waals surface area contributed by atoms with Gasteiger partial charge in [0.2, 0.25) is 0 Å². The van der Waals surface area contributed by atoms with Gasteiger partial charge in [-0.15, -0.1) is 0 Å². The van der Waals surface area contributed by atoms with E-state index in [0.717, 1.165) is 10.0 Å². The lowest BCUT2D eigenvalue weighted by Gasteiger charge is -2.22. The first-order chi connectivity index (χ1) is 8.58. The normalized spacial score (nSPS) is 14.2. The number of halogens is 2. The summed E-state index contributed by atoms with van der Waals surface area (Å²) >= 11 is 4.86. The highest BCUT2D eigenvalue weighted by molar-refractivity contribution is 9.10. The molecule has 2 N–H and O–H groups in total. The molecule has 2 nitrogen and oxygen atoms in total. The second kappa shape index (κ2) is 5.82. The fourth-order valence-electron chi connectivity index (χ4n) is 1.62. The molecule has 2 rings (SSSR count). The first-order valence-corrected chi connectivity index (χ1v) is 7.21. The van der Waals surface area contributed by atoms with E-state index in [4.69, 9.17) is 10.5 Å². The smallest absolute Gasteiger partial charge is 0.165 e. The molecule has 0 bridgehead atoms. The molecule has 2 unspecified atom stereocenters. The molecule has 18 heavy (non-hydrogen) atoms. The van der Waals surface area contributed by atoms with Crippen LogP contribution in [0.2, 0.25) is 0 Å². The molecule has 0 aliphatic heterocycles. The van der Waals surface area contributed by atoms with Crippen LogP contribution >= 0.6 is 27.3 Å². The van der Waals surface area contributed by atoms with E-state index in [1.54, 1.807) is 23.5 Å². The molecule has 0 radical (unpaired) electrons. The molecule has 1 aromatic carbocycles. The Labute approximate surface area is 118 Å². The van der Waals surface area contributed by atoms with Crippen molar-refractivity contribution in [1.29, 1.82) is 0 Å². The van der Waals surface area contributed by atoms with Crippen LogP contribution in [0.15, 0.2) is 39.5 Å². The number of hydrogen-bond acceptors (Lipinski definition) is 3. The van der Waals surface area contributed by atoms with Crippen molar-refractivity contribution in [2.75, 3.05) is 0 Å². The Morgan fingerprint density at radius 1 is 1.39 bits per heavy atom. The zero-order valence-corrected chi connectivity index (χ0v) is 12.2. The summed E-state index contributed by atoms with van der Waals surface area (Å²) in [6.07, 6.45) is -0.347. The van der Waals surface area contributed by atoms with E-state index in [-0.39, 0.29) is 23.7 Å². The summed E-state index contributed by atoms with van der Waals surface area (Å²) < 4.78 is 20.1. The fraction of sp³-hybridized carbons (Fsp3) is 0.231. The summed E-state index contributed by atoms with van der Waals surface area (Å²) in [5.41, 5.74) is 6.88. The van der Waals surface area contributed by atoms with Crippen LogP contribution in [-0.4, -0.2) is 6.04 Å². The molecule has 2 aromatic rings. The Balaban J connectivity index is 2.27. The van der Waals surface area contributed by atoms with Gasteiger partial charge < -0.3 is 10.5 Å². The predicted molar refractivity (Wildman–Crippen MR) is 75.4 cm³/mol. The van der Waals surface area contributed by atoms with Crippen LogP contribution in [0.1, 0.15) is 18.6 Å². The van der Waals surface area contributed by atoms with Crippen molar-refractivity contribution in [1.82, 2.24) is 0 Å². The fourth-order valence-corrected chi connectivity index (χ4v) is 2.64. The third kappa shape index (κ3) is 3.10. The van der Waals surface area contributed by atoms with Gasteiger partial charge in [-0.05, 0) is 41.9 Å². The van der Waals surface area contributed by atoms with Gasteiger partial charge in [0, 0.05) is 16.1 Å². The van der Waals surface area contributed by atoms with Crippen LogP contribution in [0.3, 0.4) is 0 Å². The topological polar surface area (TPSA) is 35.2 Å². The van der Waals surface area contributed by atoms with Gasteiger partial charge in [-0.2, -0.15) is 11.3 Å². The number of nitrogens with two attached hydrogens (primary N) is 1. The minimum atomic E-state index is -0.390. The van der Waals surface area contributed by atoms with Crippen molar-refractivity contribution in [3.8, 4) is 5.75 Å². The lowest BCUT2D eigenvalue weighted by atomic mass is 10.1. The van der Waals surface area contributed by atoms with Gasteiger partial charge in [-0.3, -0.25) is 0 Å². The summed E-state index contributed by atoms with van der Waals surface area (Å²) in [6, 6.07) is 6.32. The lowest BCUT2D eigenvalue weighted by Crippen LogP contribution is -2.28. The van der Waals surface area contributed by atoms with Gasteiger partial charge in [-0.25, -0.2) is 4.39 Å². The molecular formula is C13H13BrFNOS. The molecule has 1 heterocycles. The largest absolute Gasteiger partial charge is 0.481 e. The maximum Gasteiger partial charge on any atom is 0.165 e. The Morgan fingerprint density at radius 3 is 2.78 bits per heavy atom. The van der Waals surface area contributed by atoms with E-state index >= 15 is 0 Å². The van der Waals surface area contributed by atoms with Crippen LogP contribution in [0.5, 0.6) is 5.75 Å². The minimum Gasteiger partial charge on any atom is -0.481 e. The Hall–Kier alpha value is -0.910. The first kappa shape index (κ1) is 13.5. The molecule has 0 spiro atoms. The third-order valence-electron chi connectivity index (χ3n) is 2.50. The van der Waals surface area contributed by atoms with Crippen LogP contribution in [-0.2, 0) is 0 Å². The van der Waals surface area contributed by atoms with Crippen LogP contribution in [0.4, 0.5) is 4.39 Å². The van der Waals surface area contributed by atoms with Gasteiger partial charge in [0.15, 0.2) is 11.6 Å². The highest BCUT2D eigenvalue weighted by Crippen LogP contribution is 2.29. The van der Waals surface area contributed by atoms with Crippen LogP contribution < -0.4 is 10.5 Å². The standard InChI is InChI=1S/C13H13BrFNOS/c1-8(16)13(9-4-5-18-7-9)17-12-6-10(14)2-3-11(12)15/h2-8,13H,16H2,1H3. The van der Waals surface area contributed by atoms with Gasteiger partial charge in [0.05, 0.1) is 0 Å². The highest BCUT2D eigenvalue weighted by atomic mass is 79.9. The quantitative estimate of drug-likeness (QED) is 0.915. The van der Waals surface area contributed by atoms with Crippen LogP contribution in [0.25, 0.3) is 0 Å². The highest BCUT2D eigenvalue weighted by Gasteiger charge is 2.20. The summed E-state index contributed by atoms with van der Waals surface area (Å²) in [4.78, 5) is 0. The Bertz CT molecular complexity index is 516. The van der Waals surface area contributed by atoms with E-state index in [0.29, 0.717) is 0 Å². The molecule has 0 amide bonds. The van der Waals surface area contributed by atoms with Crippen molar-refractivity contribution in [3.05, 3.63) is 50.9 Å². The third-order valence-corrected chi connectivity index (χ3v) is 3.69. The van der Waals surface area contributed by atoms with Gasteiger partial charge in [0.25, 0.3) is 0 Å². The average molecular weight is 330 g/mol. The number of rotatable bonds is 4. The molecule has 0 fully saturated rings. The van der Waals surface area contributed by atoms with Crippen molar-refractivity contribution >= 4 is 27.3 Å².